The van der Waals surface area contributed by atoms with Gasteiger partial charge in [0.05, 0.1) is 19.8 Å². The van der Waals surface area contributed by atoms with Gasteiger partial charge in [0, 0.05) is 12.8 Å². The Hall–Kier alpha value is -1.88. The molecule has 11 heteroatoms. The number of carbonyl (C=O) groups is 3. The number of halogens is 3. The van der Waals surface area contributed by atoms with Gasteiger partial charge in [-0.15, -0.1) is 0 Å². The molecule has 1 amide bonds. The van der Waals surface area contributed by atoms with E-state index in [9.17, 15) is 27.6 Å². The van der Waals surface area contributed by atoms with Gasteiger partial charge >= 0.3 is 24.0 Å². The summed E-state index contributed by atoms with van der Waals surface area (Å²) in [6, 6.07) is 0. The molecule has 2 atom stereocenters. The van der Waals surface area contributed by atoms with Crippen LogP contribution in [0.3, 0.4) is 0 Å². The minimum absolute atomic E-state index is 0.0851. The second-order valence-corrected chi connectivity index (χ2v) is 6.67. The molecule has 0 aromatic rings. The van der Waals surface area contributed by atoms with Crippen molar-refractivity contribution in [3.05, 3.63) is 0 Å². The molecule has 150 valence electrons. The molecule has 8 nitrogen and oxygen atoms in total. The molecule has 0 unspecified atom stereocenters. The third-order valence-corrected chi connectivity index (χ3v) is 3.56. The van der Waals surface area contributed by atoms with Crippen LogP contribution >= 0.6 is 0 Å². The summed E-state index contributed by atoms with van der Waals surface area (Å²) in [4.78, 5) is 40.6. The number of rotatable bonds is 5. The van der Waals surface area contributed by atoms with Crippen molar-refractivity contribution in [3.63, 3.8) is 0 Å². The summed E-state index contributed by atoms with van der Waals surface area (Å²) in [6.07, 6.45) is -7.98. The number of esters is 2. The molecule has 1 saturated heterocycles. The second-order valence-electron chi connectivity index (χ2n) is 6.67. The smallest absolute Gasteiger partial charge is 0.469 e. The monoisotopic (exact) mass is 385 g/mol. The number of hydrogen-bond acceptors (Lipinski definition) is 7. The second kappa shape index (κ2) is 7.78. The van der Waals surface area contributed by atoms with Gasteiger partial charge in [-0.3, -0.25) is 9.59 Å². The number of carbonyl (C=O) groups excluding carboxylic acids is 3. The van der Waals surface area contributed by atoms with Gasteiger partial charge in [-0.05, 0) is 27.2 Å². The van der Waals surface area contributed by atoms with Crippen molar-refractivity contribution >= 4 is 17.8 Å². The van der Waals surface area contributed by atoms with Crippen LogP contribution in [0.1, 0.15) is 40.0 Å². The average Bonchev–Trinajstić information content (AvgIpc) is 2.87. The lowest BCUT2D eigenvalue weighted by molar-refractivity contribution is -0.282. The Bertz CT molecular complexity index is 558. The summed E-state index contributed by atoms with van der Waals surface area (Å²) in [5.74, 6) is -4.32. The fourth-order valence-electron chi connectivity index (χ4n) is 2.50. The third kappa shape index (κ3) is 5.07. The van der Waals surface area contributed by atoms with E-state index in [1.807, 2.05) is 0 Å². The Kier molecular flexibility index (Phi) is 6.64. The van der Waals surface area contributed by atoms with Gasteiger partial charge in [-0.1, -0.05) is 0 Å². The molecule has 1 heterocycles. The molecule has 1 aliphatic heterocycles. The largest absolute Gasteiger partial charge is 0.473 e. The average molecular weight is 385 g/mol. The van der Waals surface area contributed by atoms with Crippen LogP contribution in [-0.4, -0.2) is 60.7 Å². The fourth-order valence-corrected chi connectivity index (χ4v) is 2.50. The minimum atomic E-state index is -5.30. The number of hydroxylamine groups is 2. The van der Waals surface area contributed by atoms with Crippen molar-refractivity contribution in [1.82, 2.24) is 5.06 Å². The highest BCUT2D eigenvalue weighted by atomic mass is 19.4. The number of alkyl halides is 3. The lowest BCUT2D eigenvalue weighted by Crippen LogP contribution is -2.56. The summed E-state index contributed by atoms with van der Waals surface area (Å²) in [5, 5.41) is -0.0851. The first-order chi connectivity index (χ1) is 11.8. The Labute approximate surface area is 148 Å². The van der Waals surface area contributed by atoms with E-state index in [4.69, 9.17) is 9.57 Å². The van der Waals surface area contributed by atoms with E-state index >= 15 is 0 Å². The molecule has 0 radical (unpaired) electrons. The fraction of sp³-hybridized carbons (Fsp3) is 0.800. The van der Waals surface area contributed by atoms with Gasteiger partial charge in [0.2, 0.25) is 0 Å². The lowest BCUT2D eigenvalue weighted by atomic mass is 9.89. The number of ether oxygens (including phenoxy) is 3. The van der Waals surface area contributed by atoms with Gasteiger partial charge in [0.15, 0.2) is 11.8 Å². The summed E-state index contributed by atoms with van der Waals surface area (Å²) in [5.41, 5.74) is -3.00. The zero-order valence-electron chi connectivity index (χ0n) is 15.1. The van der Waals surface area contributed by atoms with Crippen LogP contribution < -0.4 is 0 Å². The molecule has 0 aliphatic carbocycles. The predicted octanol–water partition coefficient (Wildman–Crippen LogP) is 1.72. The molecule has 0 aromatic heterocycles. The number of hydrogen-bond donors (Lipinski definition) is 0. The SMILES string of the molecule is COC(=O)CC[C@@]1(C(=O)OC)C[C@@H](OC(C)(C)C)ON1C(=O)C(F)(F)F. The highest BCUT2D eigenvalue weighted by Gasteiger charge is 2.61. The van der Waals surface area contributed by atoms with Gasteiger partial charge in [-0.2, -0.15) is 18.2 Å². The summed E-state index contributed by atoms with van der Waals surface area (Å²) < 4.78 is 53.5. The third-order valence-electron chi connectivity index (χ3n) is 3.56. The van der Waals surface area contributed by atoms with E-state index in [2.05, 4.69) is 9.47 Å². The van der Waals surface area contributed by atoms with E-state index in [0.717, 1.165) is 14.2 Å². The van der Waals surface area contributed by atoms with Crippen molar-refractivity contribution < 1.29 is 46.6 Å². The summed E-state index contributed by atoms with van der Waals surface area (Å²) in [7, 11) is 2.04. The zero-order valence-corrected chi connectivity index (χ0v) is 15.1. The molecular formula is C15H22F3NO7. The van der Waals surface area contributed by atoms with Gasteiger partial charge in [-0.25, -0.2) is 9.63 Å². The van der Waals surface area contributed by atoms with Crippen LogP contribution in [0.2, 0.25) is 0 Å². The molecule has 0 bridgehead atoms. The van der Waals surface area contributed by atoms with Crippen molar-refractivity contribution in [2.24, 2.45) is 0 Å². The summed E-state index contributed by atoms with van der Waals surface area (Å²) in [6.45, 7) is 4.87. The van der Waals surface area contributed by atoms with Crippen molar-refractivity contribution in [3.8, 4) is 0 Å². The molecule has 0 spiro atoms. The lowest BCUT2D eigenvalue weighted by Gasteiger charge is -2.33. The molecule has 1 rings (SSSR count). The first kappa shape index (κ1) is 22.2. The summed E-state index contributed by atoms with van der Waals surface area (Å²) >= 11 is 0. The highest BCUT2D eigenvalue weighted by molar-refractivity contribution is 5.90. The molecule has 1 aliphatic rings. The number of nitrogens with zero attached hydrogens (tertiary/aromatic N) is 1. The van der Waals surface area contributed by atoms with E-state index in [1.54, 1.807) is 20.8 Å². The predicted molar refractivity (Wildman–Crippen MR) is 79.2 cm³/mol. The molecule has 0 saturated carbocycles. The maximum atomic E-state index is 13.0. The first-order valence-corrected chi connectivity index (χ1v) is 7.68. The maximum Gasteiger partial charge on any atom is 0.473 e. The molecule has 0 N–H and O–H groups in total. The van der Waals surface area contributed by atoms with Crippen LogP contribution in [0.5, 0.6) is 0 Å². The van der Waals surface area contributed by atoms with E-state index < -0.39 is 60.7 Å². The minimum Gasteiger partial charge on any atom is -0.469 e. The molecule has 26 heavy (non-hydrogen) atoms. The van der Waals surface area contributed by atoms with Crippen molar-refractivity contribution in [2.45, 2.75) is 63.6 Å². The van der Waals surface area contributed by atoms with Crippen molar-refractivity contribution in [2.75, 3.05) is 14.2 Å². The van der Waals surface area contributed by atoms with Gasteiger partial charge in [0.1, 0.15) is 0 Å². The Morgan fingerprint density at radius 2 is 1.73 bits per heavy atom. The van der Waals surface area contributed by atoms with Crippen LogP contribution in [0.4, 0.5) is 13.2 Å². The maximum absolute atomic E-state index is 13.0. The quantitative estimate of drug-likeness (QED) is 0.666. The Balaban J connectivity index is 3.29. The Morgan fingerprint density at radius 1 is 1.15 bits per heavy atom. The van der Waals surface area contributed by atoms with E-state index in [0.29, 0.717) is 0 Å². The van der Waals surface area contributed by atoms with E-state index in [-0.39, 0.29) is 5.06 Å². The number of methoxy groups -OCH3 is 2. The van der Waals surface area contributed by atoms with Gasteiger partial charge in [0.25, 0.3) is 0 Å². The van der Waals surface area contributed by atoms with Crippen molar-refractivity contribution in [1.29, 1.82) is 0 Å². The van der Waals surface area contributed by atoms with Crippen LogP contribution in [0, 0.1) is 0 Å². The van der Waals surface area contributed by atoms with Crippen LogP contribution in [0.25, 0.3) is 0 Å². The standard InChI is InChI=1S/C15H22F3NO7/c1-13(2,3)25-10-8-14(12(22)24-5,7-6-9(20)23-4)19(26-10)11(21)15(16,17)18/h10H,6-8H2,1-5H3/t10-,14-/m0/s1. The first-order valence-electron chi connectivity index (χ1n) is 7.68. The topological polar surface area (TPSA) is 91.4 Å². The number of amides is 1. The molecule has 0 aromatic carbocycles. The molecular weight excluding hydrogens is 363 g/mol. The van der Waals surface area contributed by atoms with Crippen LogP contribution in [-0.2, 0) is 33.4 Å². The molecule has 1 fully saturated rings. The normalized spacial score (nSPS) is 23.7. The van der Waals surface area contributed by atoms with E-state index in [1.165, 1.54) is 0 Å². The van der Waals surface area contributed by atoms with Gasteiger partial charge < -0.3 is 14.2 Å². The Morgan fingerprint density at radius 3 is 2.15 bits per heavy atom. The van der Waals surface area contributed by atoms with Crippen LogP contribution in [0.15, 0.2) is 0 Å². The zero-order chi connectivity index (χ0) is 20.3. The highest BCUT2D eigenvalue weighted by Crippen LogP contribution is 2.41.